The van der Waals surface area contributed by atoms with Gasteiger partial charge in [-0.05, 0) is 31.6 Å². The number of carbonyl (C=O) groups is 2. The van der Waals surface area contributed by atoms with E-state index < -0.39 is 5.41 Å². The second kappa shape index (κ2) is 9.22. The van der Waals surface area contributed by atoms with E-state index in [1.165, 1.54) is 0 Å². The smallest absolute Gasteiger partial charge is 0.236 e. The van der Waals surface area contributed by atoms with Crippen molar-refractivity contribution in [2.24, 2.45) is 11.7 Å². The molecular formula is C22H28ClN3O2. The third-order valence-corrected chi connectivity index (χ3v) is 5.45. The van der Waals surface area contributed by atoms with Crippen LogP contribution in [0.5, 0.6) is 0 Å². The van der Waals surface area contributed by atoms with Gasteiger partial charge in [0.05, 0.1) is 6.54 Å². The summed E-state index contributed by atoms with van der Waals surface area (Å²) in [5, 5.41) is 0. The fourth-order valence-corrected chi connectivity index (χ4v) is 4.24. The van der Waals surface area contributed by atoms with Gasteiger partial charge in [-0.2, -0.15) is 0 Å². The van der Waals surface area contributed by atoms with Crippen LogP contribution in [0, 0.1) is 5.92 Å². The number of rotatable bonds is 6. The van der Waals surface area contributed by atoms with E-state index in [2.05, 4.69) is 0 Å². The van der Waals surface area contributed by atoms with Gasteiger partial charge in [0.15, 0.2) is 0 Å². The molecule has 1 aliphatic rings. The molecule has 5 nitrogen and oxygen atoms in total. The Balaban J connectivity index is 0.00000280. The molecule has 2 aromatic carbocycles. The first-order valence-electron chi connectivity index (χ1n) is 9.29. The summed E-state index contributed by atoms with van der Waals surface area (Å²) in [4.78, 5) is 29.2. The van der Waals surface area contributed by atoms with E-state index in [1.807, 2.05) is 84.6 Å². The van der Waals surface area contributed by atoms with E-state index in [1.54, 1.807) is 0 Å². The van der Waals surface area contributed by atoms with Gasteiger partial charge in [-0.25, -0.2) is 0 Å². The van der Waals surface area contributed by atoms with Gasteiger partial charge in [0, 0.05) is 19.0 Å². The van der Waals surface area contributed by atoms with Crippen molar-refractivity contribution in [1.29, 1.82) is 0 Å². The predicted octanol–water partition coefficient (Wildman–Crippen LogP) is 2.29. The van der Waals surface area contributed by atoms with Gasteiger partial charge in [-0.1, -0.05) is 60.7 Å². The molecule has 1 atom stereocenters. The predicted molar refractivity (Wildman–Crippen MR) is 113 cm³/mol. The lowest BCUT2D eigenvalue weighted by atomic mass is 9.64. The van der Waals surface area contributed by atoms with Crippen molar-refractivity contribution in [2.45, 2.75) is 11.8 Å². The van der Waals surface area contributed by atoms with Crippen LogP contribution in [0.2, 0.25) is 0 Å². The van der Waals surface area contributed by atoms with E-state index in [-0.39, 0.29) is 30.1 Å². The normalized spacial score (nSPS) is 16.7. The largest absolute Gasteiger partial charge is 0.369 e. The lowest BCUT2D eigenvalue weighted by molar-refractivity contribution is -0.131. The number of primary amides is 1. The number of hydrogen-bond donors (Lipinski definition) is 1. The lowest BCUT2D eigenvalue weighted by Crippen LogP contribution is -2.49. The minimum atomic E-state index is -0.949. The number of nitrogens with two attached hydrogens (primary N) is 1. The molecule has 1 aliphatic heterocycles. The second-order valence-corrected chi connectivity index (χ2v) is 7.47. The van der Waals surface area contributed by atoms with Gasteiger partial charge in [0.1, 0.15) is 5.41 Å². The monoisotopic (exact) mass is 401 g/mol. The minimum absolute atomic E-state index is 0. The number of nitrogens with zero attached hydrogens (tertiary/aromatic N) is 2. The zero-order chi connectivity index (χ0) is 19.4. The molecular weight excluding hydrogens is 374 g/mol. The Morgan fingerprint density at radius 3 is 1.96 bits per heavy atom. The highest BCUT2D eigenvalue weighted by Gasteiger charge is 2.50. The maximum atomic E-state index is 13.0. The van der Waals surface area contributed by atoms with E-state index in [9.17, 15) is 9.59 Å². The Kier molecular flexibility index (Phi) is 7.22. The second-order valence-electron chi connectivity index (χ2n) is 7.47. The summed E-state index contributed by atoms with van der Waals surface area (Å²) < 4.78 is 0. The quantitative estimate of drug-likeness (QED) is 0.807. The van der Waals surface area contributed by atoms with Gasteiger partial charge >= 0.3 is 0 Å². The van der Waals surface area contributed by atoms with Crippen molar-refractivity contribution < 1.29 is 9.59 Å². The van der Waals surface area contributed by atoms with E-state index in [4.69, 9.17) is 5.73 Å². The molecule has 1 fully saturated rings. The molecule has 0 aromatic heterocycles. The molecule has 1 unspecified atom stereocenters. The minimum Gasteiger partial charge on any atom is -0.369 e. The van der Waals surface area contributed by atoms with Crippen molar-refractivity contribution in [3.05, 3.63) is 71.8 Å². The Morgan fingerprint density at radius 2 is 1.54 bits per heavy atom. The van der Waals surface area contributed by atoms with Crippen LogP contribution in [0.1, 0.15) is 17.5 Å². The van der Waals surface area contributed by atoms with E-state index in [0.29, 0.717) is 19.6 Å². The van der Waals surface area contributed by atoms with Crippen molar-refractivity contribution in [3.63, 3.8) is 0 Å². The van der Waals surface area contributed by atoms with Crippen molar-refractivity contribution in [3.8, 4) is 0 Å². The van der Waals surface area contributed by atoms with Crippen LogP contribution in [0.15, 0.2) is 60.7 Å². The highest BCUT2D eigenvalue weighted by molar-refractivity contribution is 5.91. The van der Waals surface area contributed by atoms with Gasteiger partial charge in [-0.15, -0.1) is 12.4 Å². The van der Waals surface area contributed by atoms with Crippen LogP contribution in [-0.2, 0) is 15.0 Å². The fraction of sp³-hybridized carbons (Fsp3) is 0.364. The first-order valence-corrected chi connectivity index (χ1v) is 9.29. The summed E-state index contributed by atoms with van der Waals surface area (Å²) in [6.07, 6.45) is 0.742. The highest BCUT2D eigenvalue weighted by Crippen LogP contribution is 2.43. The Morgan fingerprint density at radius 1 is 1.04 bits per heavy atom. The molecule has 2 aromatic rings. The third kappa shape index (κ3) is 4.05. The molecule has 0 radical (unpaired) electrons. The van der Waals surface area contributed by atoms with E-state index >= 15 is 0 Å². The van der Waals surface area contributed by atoms with Crippen LogP contribution in [-0.4, -0.2) is 55.3 Å². The molecule has 0 aliphatic carbocycles. The summed E-state index contributed by atoms with van der Waals surface area (Å²) in [7, 11) is 3.76. The zero-order valence-electron chi connectivity index (χ0n) is 16.4. The topological polar surface area (TPSA) is 66.6 Å². The first-order chi connectivity index (χ1) is 13.0. The molecule has 1 saturated heterocycles. The SMILES string of the molecule is CN(C)CC(=O)N1CCC(C(C(N)=O)(c2ccccc2)c2ccccc2)C1.Cl. The summed E-state index contributed by atoms with van der Waals surface area (Å²) in [6, 6.07) is 19.4. The van der Waals surface area contributed by atoms with Crippen molar-refractivity contribution in [2.75, 3.05) is 33.7 Å². The summed E-state index contributed by atoms with van der Waals surface area (Å²) in [5.74, 6) is -0.347. The number of amides is 2. The van der Waals surface area contributed by atoms with Gasteiger partial charge in [-0.3, -0.25) is 9.59 Å². The molecule has 6 heteroatoms. The maximum absolute atomic E-state index is 13.0. The lowest BCUT2D eigenvalue weighted by Gasteiger charge is -2.37. The number of likely N-dealkylation sites (N-methyl/N-ethyl adjacent to an activating group) is 1. The van der Waals surface area contributed by atoms with Crippen LogP contribution in [0.3, 0.4) is 0 Å². The van der Waals surface area contributed by atoms with Crippen LogP contribution in [0.25, 0.3) is 0 Å². The molecule has 2 N–H and O–H groups in total. The number of halogens is 1. The average molecular weight is 402 g/mol. The highest BCUT2D eigenvalue weighted by atomic mass is 35.5. The Hall–Kier alpha value is -2.37. The molecule has 0 bridgehead atoms. The molecule has 0 saturated carbocycles. The molecule has 3 rings (SSSR count). The fourth-order valence-electron chi connectivity index (χ4n) is 4.24. The summed E-state index contributed by atoms with van der Waals surface area (Å²) in [6.45, 7) is 1.54. The summed E-state index contributed by atoms with van der Waals surface area (Å²) in [5.41, 5.74) is 6.89. The maximum Gasteiger partial charge on any atom is 0.236 e. The molecule has 28 heavy (non-hydrogen) atoms. The van der Waals surface area contributed by atoms with Gasteiger partial charge < -0.3 is 15.5 Å². The van der Waals surface area contributed by atoms with E-state index in [0.717, 1.165) is 17.5 Å². The zero-order valence-corrected chi connectivity index (χ0v) is 17.2. The number of likely N-dealkylation sites (tertiary alicyclic amines) is 1. The molecule has 150 valence electrons. The van der Waals surface area contributed by atoms with Crippen LogP contribution in [0.4, 0.5) is 0 Å². The molecule has 2 amide bonds. The number of benzene rings is 2. The molecule has 1 heterocycles. The average Bonchev–Trinajstić information content (AvgIpc) is 3.14. The molecule has 0 spiro atoms. The first kappa shape index (κ1) is 21.9. The van der Waals surface area contributed by atoms with Crippen molar-refractivity contribution >= 4 is 24.2 Å². The van der Waals surface area contributed by atoms with Crippen LogP contribution >= 0.6 is 12.4 Å². The number of hydrogen-bond acceptors (Lipinski definition) is 3. The standard InChI is InChI=1S/C22H27N3O2.ClH/c1-24(2)16-20(26)25-14-13-19(15-25)22(21(23)27,17-9-5-3-6-10-17)18-11-7-4-8-12-18;/h3-12,19H,13-16H2,1-2H3,(H2,23,27);1H. The summed E-state index contributed by atoms with van der Waals surface area (Å²) >= 11 is 0. The Labute approximate surface area is 172 Å². The van der Waals surface area contributed by atoms with Crippen LogP contribution < -0.4 is 5.73 Å². The van der Waals surface area contributed by atoms with Gasteiger partial charge in [0.25, 0.3) is 0 Å². The number of carbonyl (C=O) groups excluding carboxylic acids is 2. The third-order valence-electron chi connectivity index (χ3n) is 5.45. The van der Waals surface area contributed by atoms with Gasteiger partial charge in [0.2, 0.25) is 11.8 Å². The Bertz CT molecular complexity index is 756. The van der Waals surface area contributed by atoms with Crippen molar-refractivity contribution in [1.82, 2.24) is 9.80 Å².